The van der Waals surface area contributed by atoms with E-state index in [0.717, 1.165) is 29.7 Å². The van der Waals surface area contributed by atoms with Crippen LogP contribution in [-0.4, -0.2) is 73.0 Å². The van der Waals surface area contributed by atoms with Crippen molar-refractivity contribution in [3.8, 4) is 0 Å². The van der Waals surface area contributed by atoms with Gasteiger partial charge in [-0.05, 0) is 37.8 Å². The second-order valence-corrected chi connectivity index (χ2v) is 8.96. The van der Waals surface area contributed by atoms with Crippen molar-refractivity contribution in [1.29, 1.82) is 0 Å². The molecular weight excluding hydrogens is 406 g/mol. The fourth-order valence-corrected chi connectivity index (χ4v) is 4.47. The van der Waals surface area contributed by atoms with Gasteiger partial charge in [-0.15, -0.1) is 0 Å². The van der Waals surface area contributed by atoms with Crippen LogP contribution >= 0.6 is 0 Å². The summed E-state index contributed by atoms with van der Waals surface area (Å²) in [5.74, 6) is 0.0120. The molecular formula is C24H37N5O3. The first-order valence-corrected chi connectivity index (χ1v) is 11.8. The molecule has 2 aliphatic rings. The van der Waals surface area contributed by atoms with Crippen molar-refractivity contribution < 1.29 is 14.4 Å². The molecule has 0 atom stereocenters. The van der Waals surface area contributed by atoms with Crippen molar-refractivity contribution in [2.75, 3.05) is 44.6 Å². The van der Waals surface area contributed by atoms with E-state index < -0.39 is 0 Å². The molecule has 0 spiro atoms. The fraction of sp³-hybridized carbons (Fsp3) is 0.625. The summed E-state index contributed by atoms with van der Waals surface area (Å²) in [5, 5.41) is 8.83. The molecule has 3 N–H and O–H groups in total. The van der Waals surface area contributed by atoms with Crippen LogP contribution in [0.15, 0.2) is 18.2 Å². The third-order valence-electron chi connectivity index (χ3n) is 6.40. The molecule has 0 aromatic heterocycles. The molecule has 8 heteroatoms. The molecule has 2 fully saturated rings. The first-order valence-electron chi connectivity index (χ1n) is 11.8. The summed E-state index contributed by atoms with van der Waals surface area (Å²) in [4.78, 5) is 40.8. The lowest BCUT2D eigenvalue weighted by Crippen LogP contribution is -2.51. The number of urea groups is 1. The largest absolute Gasteiger partial charge is 0.340 e. The Labute approximate surface area is 191 Å². The number of benzene rings is 1. The van der Waals surface area contributed by atoms with Gasteiger partial charge in [0.05, 0.1) is 6.54 Å². The predicted octanol–water partition coefficient (Wildman–Crippen LogP) is 2.41. The highest BCUT2D eigenvalue weighted by atomic mass is 16.2. The van der Waals surface area contributed by atoms with E-state index in [4.69, 9.17) is 0 Å². The van der Waals surface area contributed by atoms with Crippen LogP contribution in [0, 0.1) is 13.8 Å². The minimum Gasteiger partial charge on any atom is -0.340 e. The molecule has 1 aromatic carbocycles. The van der Waals surface area contributed by atoms with E-state index >= 15 is 0 Å². The second kappa shape index (κ2) is 11.9. The first kappa shape index (κ1) is 24.0. The lowest BCUT2D eigenvalue weighted by Gasteiger charge is -2.34. The lowest BCUT2D eigenvalue weighted by atomic mass is 9.96. The van der Waals surface area contributed by atoms with Crippen LogP contribution in [-0.2, 0) is 9.59 Å². The molecule has 1 aromatic rings. The quantitative estimate of drug-likeness (QED) is 0.603. The molecule has 176 valence electrons. The Morgan fingerprint density at radius 2 is 1.62 bits per heavy atom. The Hall–Kier alpha value is -2.61. The highest BCUT2D eigenvalue weighted by Gasteiger charge is 2.23. The van der Waals surface area contributed by atoms with Gasteiger partial charge in [0.1, 0.15) is 0 Å². The number of aryl methyl sites for hydroxylation is 2. The Balaban J connectivity index is 1.32. The average Bonchev–Trinajstić information content (AvgIpc) is 2.77. The molecule has 8 nitrogen and oxygen atoms in total. The predicted molar refractivity (Wildman–Crippen MR) is 126 cm³/mol. The third-order valence-corrected chi connectivity index (χ3v) is 6.40. The maximum absolute atomic E-state index is 12.5. The number of nitrogens with one attached hydrogen (secondary N) is 3. The monoisotopic (exact) mass is 443 g/mol. The molecule has 1 heterocycles. The summed E-state index contributed by atoms with van der Waals surface area (Å²) in [7, 11) is 0. The van der Waals surface area contributed by atoms with Crippen LogP contribution in [0.3, 0.4) is 0 Å². The summed E-state index contributed by atoms with van der Waals surface area (Å²) in [6.45, 7) is 7.17. The lowest BCUT2D eigenvalue weighted by molar-refractivity contribution is -0.132. The van der Waals surface area contributed by atoms with Crippen molar-refractivity contribution in [3.63, 3.8) is 0 Å². The summed E-state index contributed by atoms with van der Waals surface area (Å²) in [5.41, 5.74) is 2.98. The molecule has 32 heavy (non-hydrogen) atoms. The fourth-order valence-electron chi connectivity index (χ4n) is 4.47. The zero-order valence-corrected chi connectivity index (χ0v) is 19.4. The Kier molecular flexibility index (Phi) is 8.90. The molecule has 1 aliphatic carbocycles. The number of para-hydroxylation sites is 1. The zero-order chi connectivity index (χ0) is 22.9. The van der Waals surface area contributed by atoms with Crippen molar-refractivity contribution in [1.82, 2.24) is 20.4 Å². The number of nitrogens with zero attached hydrogens (tertiary/aromatic N) is 2. The van der Waals surface area contributed by atoms with Crippen molar-refractivity contribution in [2.24, 2.45) is 0 Å². The number of hydrogen-bond donors (Lipinski definition) is 3. The minimum absolute atomic E-state index is 0.0321. The van der Waals surface area contributed by atoms with Crippen LogP contribution in [0.1, 0.15) is 49.7 Å². The molecule has 0 radical (unpaired) electrons. The number of rotatable bonds is 7. The number of piperazine rings is 1. The van der Waals surface area contributed by atoms with E-state index in [0.29, 0.717) is 45.7 Å². The van der Waals surface area contributed by atoms with Gasteiger partial charge in [-0.2, -0.15) is 0 Å². The SMILES string of the molecule is Cc1cccc(C)c1NC(=O)CN1CCN(C(=O)CCNC(=O)NC2CCCCC2)CC1. The van der Waals surface area contributed by atoms with Gasteiger partial charge >= 0.3 is 6.03 Å². The minimum atomic E-state index is -0.176. The summed E-state index contributed by atoms with van der Waals surface area (Å²) >= 11 is 0. The van der Waals surface area contributed by atoms with E-state index in [1.807, 2.05) is 36.9 Å². The third kappa shape index (κ3) is 7.22. The molecule has 0 unspecified atom stereocenters. The van der Waals surface area contributed by atoms with Gasteiger partial charge in [0.25, 0.3) is 0 Å². The second-order valence-electron chi connectivity index (χ2n) is 8.96. The van der Waals surface area contributed by atoms with Crippen LogP contribution in [0.2, 0.25) is 0 Å². The highest BCUT2D eigenvalue weighted by molar-refractivity contribution is 5.93. The van der Waals surface area contributed by atoms with Crippen molar-refractivity contribution >= 4 is 23.5 Å². The summed E-state index contributed by atoms with van der Waals surface area (Å²) < 4.78 is 0. The normalized spacial score (nSPS) is 17.6. The smallest absolute Gasteiger partial charge is 0.315 e. The summed E-state index contributed by atoms with van der Waals surface area (Å²) in [6.07, 6.45) is 5.97. The van der Waals surface area contributed by atoms with E-state index in [2.05, 4.69) is 20.9 Å². The maximum atomic E-state index is 12.5. The Bertz CT molecular complexity index is 779. The molecule has 4 amide bonds. The Morgan fingerprint density at radius 3 is 2.28 bits per heavy atom. The van der Waals surface area contributed by atoms with Crippen LogP contribution in [0.4, 0.5) is 10.5 Å². The number of hydrogen-bond acceptors (Lipinski definition) is 4. The van der Waals surface area contributed by atoms with Gasteiger partial charge in [-0.3, -0.25) is 14.5 Å². The van der Waals surface area contributed by atoms with Crippen LogP contribution in [0.5, 0.6) is 0 Å². The topological polar surface area (TPSA) is 93.8 Å². The molecule has 1 saturated heterocycles. The molecule has 1 saturated carbocycles. The van der Waals surface area contributed by atoms with E-state index in [9.17, 15) is 14.4 Å². The number of amides is 4. The number of anilines is 1. The molecule has 1 aliphatic heterocycles. The van der Waals surface area contributed by atoms with Crippen molar-refractivity contribution in [2.45, 2.75) is 58.4 Å². The average molecular weight is 444 g/mol. The first-order chi connectivity index (χ1) is 15.4. The highest BCUT2D eigenvalue weighted by Crippen LogP contribution is 2.19. The zero-order valence-electron chi connectivity index (χ0n) is 19.4. The van der Waals surface area contributed by atoms with Gasteiger partial charge in [0, 0.05) is 50.9 Å². The van der Waals surface area contributed by atoms with Crippen molar-refractivity contribution in [3.05, 3.63) is 29.3 Å². The standard InChI is InChI=1S/C24H37N5O3/c1-18-7-6-8-19(2)23(18)27-21(30)17-28-13-15-29(16-14-28)22(31)11-12-25-24(32)26-20-9-4-3-5-10-20/h6-8,20H,3-5,9-17H2,1-2H3,(H,27,30)(H2,25,26,32). The van der Waals surface area contributed by atoms with Gasteiger partial charge in [0.2, 0.25) is 11.8 Å². The van der Waals surface area contributed by atoms with Gasteiger partial charge in [-0.25, -0.2) is 4.79 Å². The van der Waals surface area contributed by atoms with E-state index in [-0.39, 0.29) is 23.9 Å². The van der Waals surface area contributed by atoms with Gasteiger partial charge in [0.15, 0.2) is 0 Å². The van der Waals surface area contributed by atoms with Gasteiger partial charge in [-0.1, -0.05) is 37.5 Å². The van der Waals surface area contributed by atoms with E-state index in [1.165, 1.54) is 19.3 Å². The molecule has 3 rings (SSSR count). The maximum Gasteiger partial charge on any atom is 0.315 e. The molecule has 0 bridgehead atoms. The van der Waals surface area contributed by atoms with Crippen LogP contribution < -0.4 is 16.0 Å². The van der Waals surface area contributed by atoms with Crippen LogP contribution in [0.25, 0.3) is 0 Å². The number of carbonyl (C=O) groups is 3. The summed E-state index contributed by atoms with van der Waals surface area (Å²) in [6, 6.07) is 6.04. The Morgan fingerprint density at radius 1 is 0.969 bits per heavy atom. The van der Waals surface area contributed by atoms with E-state index in [1.54, 1.807) is 0 Å². The van der Waals surface area contributed by atoms with Gasteiger partial charge < -0.3 is 20.9 Å². The number of carbonyl (C=O) groups excluding carboxylic acids is 3.